The third-order valence-corrected chi connectivity index (χ3v) is 0.999. The molecule has 52 valence electrons. The van der Waals surface area contributed by atoms with Crippen molar-refractivity contribution in [3.05, 3.63) is 12.8 Å². The second-order valence-corrected chi connectivity index (χ2v) is 2.95. The van der Waals surface area contributed by atoms with Gasteiger partial charge >= 0.3 is 0 Å². The largest absolute Gasteiger partial charge is 0.387 e. The van der Waals surface area contributed by atoms with E-state index in [9.17, 15) is 0 Å². The van der Waals surface area contributed by atoms with Crippen molar-refractivity contribution in [1.82, 2.24) is 0 Å². The fourth-order valence-electron chi connectivity index (χ4n) is 0.292. The topological polar surface area (TPSA) is 38.4 Å². The highest BCUT2D eigenvalue weighted by Crippen LogP contribution is 2.12. The molecule has 0 unspecified atom stereocenters. The molecule has 2 N–H and O–H groups in total. The molecule has 2 nitrogen and oxygen atoms in total. The van der Waals surface area contributed by atoms with E-state index in [1.165, 1.54) is 6.20 Å². The highest BCUT2D eigenvalue weighted by atomic mass is 14.8. The lowest BCUT2D eigenvalue weighted by molar-refractivity contribution is 0.585. The zero-order chi connectivity index (χ0) is 7.49. The van der Waals surface area contributed by atoms with E-state index in [0.29, 0.717) is 5.84 Å². The first-order valence-electron chi connectivity index (χ1n) is 2.93. The molecule has 0 saturated heterocycles. The van der Waals surface area contributed by atoms with Crippen LogP contribution in [0.2, 0.25) is 0 Å². The van der Waals surface area contributed by atoms with Crippen molar-refractivity contribution in [3.8, 4) is 0 Å². The standard InChI is InChI=1S/C7H14N2/c1-5-9-6(8)7(2,3)4/h5H,1H2,2-4H3,(H2,8,9). The van der Waals surface area contributed by atoms with Crippen LogP contribution in [-0.4, -0.2) is 5.84 Å². The van der Waals surface area contributed by atoms with Gasteiger partial charge in [-0.3, -0.25) is 0 Å². The van der Waals surface area contributed by atoms with Crippen LogP contribution in [0.15, 0.2) is 17.8 Å². The quantitative estimate of drug-likeness (QED) is 0.420. The molecule has 9 heavy (non-hydrogen) atoms. The fourth-order valence-corrected chi connectivity index (χ4v) is 0.292. The van der Waals surface area contributed by atoms with Crippen LogP contribution in [0, 0.1) is 5.41 Å². The van der Waals surface area contributed by atoms with E-state index < -0.39 is 0 Å². The van der Waals surface area contributed by atoms with E-state index in [1.54, 1.807) is 0 Å². The summed E-state index contributed by atoms with van der Waals surface area (Å²) < 4.78 is 0. The summed E-state index contributed by atoms with van der Waals surface area (Å²) in [4.78, 5) is 3.85. The predicted molar refractivity (Wildman–Crippen MR) is 41.3 cm³/mol. The van der Waals surface area contributed by atoms with Crippen LogP contribution in [0.3, 0.4) is 0 Å². The zero-order valence-electron chi connectivity index (χ0n) is 6.31. The summed E-state index contributed by atoms with van der Waals surface area (Å²) in [6.07, 6.45) is 1.46. The Kier molecular flexibility index (Phi) is 2.43. The van der Waals surface area contributed by atoms with Gasteiger partial charge in [0, 0.05) is 11.6 Å². The summed E-state index contributed by atoms with van der Waals surface area (Å²) in [5, 5.41) is 0. The molecular weight excluding hydrogens is 112 g/mol. The van der Waals surface area contributed by atoms with E-state index >= 15 is 0 Å². The van der Waals surface area contributed by atoms with Gasteiger partial charge in [-0.2, -0.15) is 0 Å². The Morgan fingerprint density at radius 1 is 1.56 bits per heavy atom. The van der Waals surface area contributed by atoms with Gasteiger partial charge in [0.25, 0.3) is 0 Å². The monoisotopic (exact) mass is 126 g/mol. The average molecular weight is 126 g/mol. The molecule has 0 aromatic carbocycles. The molecule has 0 aromatic heterocycles. The molecule has 0 radical (unpaired) electrons. The molecular formula is C7H14N2. The van der Waals surface area contributed by atoms with Crippen LogP contribution >= 0.6 is 0 Å². The zero-order valence-corrected chi connectivity index (χ0v) is 6.31. The lowest BCUT2D eigenvalue weighted by Gasteiger charge is -2.15. The van der Waals surface area contributed by atoms with Gasteiger partial charge in [0.1, 0.15) is 5.84 Å². The van der Waals surface area contributed by atoms with E-state index in [2.05, 4.69) is 11.6 Å². The summed E-state index contributed by atoms with van der Waals surface area (Å²) in [7, 11) is 0. The average Bonchev–Trinajstić information content (AvgIpc) is 1.64. The van der Waals surface area contributed by atoms with Gasteiger partial charge in [-0.15, -0.1) is 0 Å². The number of hydrogen-bond donors (Lipinski definition) is 1. The van der Waals surface area contributed by atoms with Gasteiger partial charge in [-0.05, 0) is 0 Å². The van der Waals surface area contributed by atoms with Crippen LogP contribution in [0.25, 0.3) is 0 Å². The first kappa shape index (κ1) is 8.21. The smallest absolute Gasteiger partial charge is 0.104 e. The summed E-state index contributed by atoms with van der Waals surface area (Å²) in [5.41, 5.74) is 5.51. The van der Waals surface area contributed by atoms with Crippen LogP contribution in [0.1, 0.15) is 20.8 Å². The Bertz CT molecular complexity index is 128. The van der Waals surface area contributed by atoms with E-state index in [1.807, 2.05) is 20.8 Å². The van der Waals surface area contributed by atoms with Crippen molar-refractivity contribution in [2.45, 2.75) is 20.8 Å². The lowest BCUT2D eigenvalue weighted by Crippen LogP contribution is -2.28. The normalized spacial score (nSPS) is 13.4. The molecule has 0 heterocycles. The highest BCUT2D eigenvalue weighted by molar-refractivity contribution is 5.85. The predicted octanol–water partition coefficient (Wildman–Crippen LogP) is 1.53. The van der Waals surface area contributed by atoms with Gasteiger partial charge in [0.05, 0.1) is 0 Å². The van der Waals surface area contributed by atoms with Crippen molar-refractivity contribution in [3.63, 3.8) is 0 Å². The van der Waals surface area contributed by atoms with Crippen molar-refractivity contribution >= 4 is 5.84 Å². The number of amidine groups is 1. The van der Waals surface area contributed by atoms with Gasteiger partial charge in [-0.25, -0.2) is 4.99 Å². The fraction of sp³-hybridized carbons (Fsp3) is 0.571. The van der Waals surface area contributed by atoms with Gasteiger partial charge < -0.3 is 5.73 Å². The summed E-state index contributed by atoms with van der Waals surface area (Å²) in [6, 6.07) is 0. The third-order valence-electron chi connectivity index (χ3n) is 0.999. The molecule has 0 amide bonds. The molecule has 0 fully saturated rings. The number of nitrogens with zero attached hydrogens (tertiary/aromatic N) is 1. The molecule has 2 heteroatoms. The van der Waals surface area contributed by atoms with Crippen LogP contribution < -0.4 is 5.73 Å². The summed E-state index contributed by atoms with van der Waals surface area (Å²) in [5.74, 6) is 0.623. The van der Waals surface area contributed by atoms with Crippen molar-refractivity contribution < 1.29 is 0 Å². The molecule has 0 aromatic rings. The minimum absolute atomic E-state index is 0.0335. The van der Waals surface area contributed by atoms with Gasteiger partial charge in [-0.1, -0.05) is 27.4 Å². The highest BCUT2D eigenvalue weighted by Gasteiger charge is 2.13. The molecule has 0 atom stereocenters. The number of aliphatic imine (C=N–C) groups is 1. The van der Waals surface area contributed by atoms with Crippen molar-refractivity contribution in [2.24, 2.45) is 16.1 Å². The second kappa shape index (κ2) is 2.67. The summed E-state index contributed by atoms with van der Waals surface area (Å²) in [6.45, 7) is 9.47. The Hall–Kier alpha value is -0.790. The van der Waals surface area contributed by atoms with Gasteiger partial charge in [0.2, 0.25) is 0 Å². The van der Waals surface area contributed by atoms with E-state index in [4.69, 9.17) is 5.73 Å². The van der Waals surface area contributed by atoms with Crippen molar-refractivity contribution in [1.29, 1.82) is 0 Å². The maximum atomic E-state index is 5.54. The Morgan fingerprint density at radius 2 is 2.00 bits per heavy atom. The molecule has 0 saturated carbocycles. The van der Waals surface area contributed by atoms with Crippen LogP contribution in [0.5, 0.6) is 0 Å². The molecule has 0 aliphatic heterocycles. The Labute approximate surface area is 56.5 Å². The number of hydrogen-bond acceptors (Lipinski definition) is 1. The van der Waals surface area contributed by atoms with E-state index in [-0.39, 0.29) is 5.41 Å². The lowest BCUT2D eigenvalue weighted by atomic mass is 9.95. The Balaban J connectivity index is 4.19. The molecule has 0 aliphatic carbocycles. The minimum Gasteiger partial charge on any atom is -0.387 e. The van der Waals surface area contributed by atoms with Gasteiger partial charge in [0.15, 0.2) is 0 Å². The second-order valence-electron chi connectivity index (χ2n) is 2.95. The maximum absolute atomic E-state index is 5.54. The first-order chi connectivity index (χ1) is 3.98. The maximum Gasteiger partial charge on any atom is 0.104 e. The first-order valence-corrected chi connectivity index (χ1v) is 2.93. The van der Waals surface area contributed by atoms with Crippen LogP contribution in [-0.2, 0) is 0 Å². The molecule has 0 spiro atoms. The SMILES string of the molecule is C=C/N=C(/N)C(C)(C)C. The molecule has 0 bridgehead atoms. The Morgan fingerprint density at radius 3 is 2.11 bits per heavy atom. The third kappa shape index (κ3) is 2.90. The number of rotatable bonds is 1. The summed E-state index contributed by atoms with van der Waals surface area (Å²) >= 11 is 0. The number of nitrogens with two attached hydrogens (primary N) is 1. The van der Waals surface area contributed by atoms with Crippen LogP contribution in [0.4, 0.5) is 0 Å². The minimum atomic E-state index is -0.0335. The van der Waals surface area contributed by atoms with Crippen molar-refractivity contribution in [2.75, 3.05) is 0 Å². The molecule has 0 aliphatic rings. The molecule has 0 rings (SSSR count). The van der Waals surface area contributed by atoms with E-state index in [0.717, 1.165) is 0 Å².